The Morgan fingerprint density at radius 3 is 2.43 bits per heavy atom. The van der Waals surface area contributed by atoms with Crippen LogP contribution in [0.25, 0.3) is 6.08 Å². The van der Waals surface area contributed by atoms with Crippen molar-refractivity contribution in [2.45, 2.75) is 12.8 Å². The van der Waals surface area contributed by atoms with Crippen molar-refractivity contribution >= 4 is 29.5 Å². The van der Waals surface area contributed by atoms with Gasteiger partial charge in [0.05, 0.1) is 0 Å². The highest BCUT2D eigenvalue weighted by Crippen LogP contribution is 2.18. The van der Waals surface area contributed by atoms with Crippen LogP contribution in [0, 0.1) is 5.82 Å². The molecule has 0 N–H and O–H groups in total. The number of cyclic esters (lactones) is 1. The predicted octanol–water partition coefficient (Wildman–Crippen LogP) is 4.41. The molecule has 0 saturated heterocycles. The lowest BCUT2D eigenvalue weighted by Gasteiger charge is -2.00. The van der Waals surface area contributed by atoms with E-state index in [0.717, 1.165) is 5.56 Å². The van der Waals surface area contributed by atoms with Crippen molar-refractivity contribution in [2.24, 2.45) is 4.99 Å². The first-order valence-corrected chi connectivity index (χ1v) is 7.49. The zero-order valence-electron chi connectivity index (χ0n) is 12.1. The normalized spacial score (nSPS) is 15.7. The molecule has 23 heavy (non-hydrogen) atoms. The van der Waals surface area contributed by atoms with Gasteiger partial charge < -0.3 is 4.74 Å². The summed E-state index contributed by atoms with van der Waals surface area (Å²) in [5.41, 5.74) is 2.01. The van der Waals surface area contributed by atoms with E-state index in [4.69, 9.17) is 16.3 Å². The van der Waals surface area contributed by atoms with E-state index in [1.54, 1.807) is 18.2 Å². The maximum absolute atomic E-state index is 12.9. The third-order valence-electron chi connectivity index (χ3n) is 3.38. The highest BCUT2D eigenvalue weighted by molar-refractivity contribution is 6.30. The van der Waals surface area contributed by atoms with Gasteiger partial charge in [-0.15, -0.1) is 0 Å². The fraction of sp³-hybridized carbons (Fsp3) is 0.111. The molecule has 2 aromatic carbocycles. The minimum atomic E-state index is -0.486. The zero-order chi connectivity index (χ0) is 16.2. The highest BCUT2D eigenvalue weighted by atomic mass is 35.5. The third-order valence-corrected chi connectivity index (χ3v) is 3.63. The molecule has 0 aromatic heterocycles. The average Bonchev–Trinajstić information content (AvgIpc) is 2.89. The topological polar surface area (TPSA) is 38.7 Å². The number of carbonyl (C=O) groups is 1. The van der Waals surface area contributed by atoms with E-state index < -0.39 is 5.97 Å². The van der Waals surface area contributed by atoms with Crippen molar-refractivity contribution in [3.8, 4) is 0 Å². The number of hydrogen-bond acceptors (Lipinski definition) is 3. The molecule has 116 valence electrons. The van der Waals surface area contributed by atoms with Gasteiger partial charge >= 0.3 is 5.97 Å². The number of halogens is 2. The molecule has 0 atom stereocenters. The summed E-state index contributed by atoms with van der Waals surface area (Å²) in [5, 5.41) is 0.683. The molecule has 1 aliphatic rings. The van der Waals surface area contributed by atoms with E-state index in [2.05, 4.69) is 4.99 Å². The summed E-state index contributed by atoms with van der Waals surface area (Å²) in [6.45, 7) is 0. The van der Waals surface area contributed by atoms with Gasteiger partial charge in [0.15, 0.2) is 11.6 Å². The maximum Gasteiger partial charge on any atom is 0.363 e. The first-order valence-electron chi connectivity index (χ1n) is 7.11. The van der Waals surface area contributed by atoms with Crippen LogP contribution < -0.4 is 0 Å². The number of aryl methyl sites for hydroxylation is 1. The van der Waals surface area contributed by atoms with Gasteiger partial charge in [-0.25, -0.2) is 14.2 Å². The Kier molecular flexibility index (Phi) is 4.53. The zero-order valence-corrected chi connectivity index (χ0v) is 12.9. The molecule has 0 bridgehead atoms. The molecule has 0 aliphatic carbocycles. The van der Waals surface area contributed by atoms with Crippen LogP contribution in [0.4, 0.5) is 4.39 Å². The quantitative estimate of drug-likeness (QED) is 0.615. The second-order valence-corrected chi connectivity index (χ2v) is 5.54. The lowest BCUT2D eigenvalue weighted by molar-refractivity contribution is -0.130. The second-order valence-electron chi connectivity index (χ2n) is 5.10. The van der Waals surface area contributed by atoms with Gasteiger partial charge in [-0.2, -0.15) is 0 Å². The summed E-state index contributed by atoms with van der Waals surface area (Å²) < 4.78 is 18.0. The van der Waals surface area contributed by atoms with Crippen molar-refractivity contribution < 1.29 is 13.9 Å². The van der Waals surface area contributed by atoms with Gasteiger partial charge in [-0.05, 0) is 47.9 Å². The molecule has 0 fully saturated rings. The fourth-order valence-corrected chi connectivity index (χ4v) is 2.31. The average molecular weight is 330 g/mol. The van der Waals surface area contributed by atoms with Gasteiger partial charge in [0, 0.05) is 11.4 Å². The number of benzene rings is 2. The SMILES string of the molecule is O=C1OC(CCc2ccc(Cl)cc2)=N/C1=C/c1ccc(F)cc1. The van der Waals surface area contributed by atoms with E-state index in [1.807, 2.05) is 24.3 Å². The van der Waals surface area contributed by atoms with E-state index in [-0.39, 0.29) is 11.5 Å². The number of hydrogen-bond donors (Lipinski definition) is 0. The van der Waals surface area contributed by atoms with E-state index in [9.17, 15) is 9.18 Å². The molecule has 3 rings (SSSR count). The predicted molar refractivity (Wildman–Crippen MR) is 87.7 cm³/mol. The molecule has 2 aromatic rings. The standard InChI is InChI=1S/C18H13ClFNO2/c19-14-6-1-12(2-7-14)5-10-17-21-16(18(22)23-17)11-13-3-8-15(20)9-4-13/h1-4,6-9,11H,5,10H2/b16-11+. The Bertz CT molecular complexity index is 780. The highest BCUT2D eigenvalue weighted by Gasteiger charge is 2.22. The third kappa shape index (κ3) is 4.05. The van der Waals surface area contributed by atoms with Gasteiger partial charge in [-0.3, -0.25) is 0 Å². The monoisotopic (exact) mass is 329 g/mol. The second kappa shape index (κ2) is 6.75. The van der Waals surface area contributed by atoms with E-state index in [1.165, 1.54) is 12.1 Å². The summed E-state index contributed by atoms with van der Waals surface area (Å²) >= 11 is 5.84. The summed E-state index contributed by atoms with van der Waals surface area (Å²) in [6.07, 6.45) is 2.80. The van der Waals surface area contributed by atoms with Crippen LogP contribution in [-0.4, -0.2) is 11.9 Å². The first kappa shape index (κ1) is 15.4. The molecular formula is C18H13ClFNO2. The largest absolute Gasteiger partial charge is 0.407 e. The first-order chi connectivity index (χ1) is 11.1. The van der Waals surface area contributed by atoms with Gasteiger partial charge in [0.25, 0.3) is 0 Å². The molecule has 0 spiro atoms. The minimum absolute atomic E-state index is 0.225. The number of ether oxygens (including phenoxy) is 1. The summed E-state index contributed by atoms with van der Waals surface area (Å²) in [4.78, 5) is 16.0. The summed E-state index contributed by atoms with van der Waals surface area (Å²) in [5.74, 6) is -0.424. The maximum atomic E-state index is 12.9. The van der Waals surface area contributed by atoms with Crippen molar-refractivity contribution in [3.63, 3.8) is 0 Å². The van der Waals surface area contributed by atoms with E-state index >= 15 is 0 Å². The van der Waals surface area contributed by atoms with Crippen LogP contribution in [0.15, 0.2) is 59.2 Å². The fourth-order valence-electron chi connectivity index (χ4n) is 2.18. The van der Waals surface area contributed by atoms with Crippen molar-refractivity contribution in [3.05, 3.63) is 76.2 Å². The molecule has 0 amide bonds. The molecular weight excluding hydrogens is 317 g/mol. The number of aliphatic imine (C=N–C) groups is 1. The lowest BCUT2D eigenvalue weighted by Crippen LogP contribution is -2.05. The Morgan fingerprint density at radius 1 is 1.04 bits per heavy atom. The van der Waals surface area contributed by atoms with Crippen LogP contribution in [-0.2, 0) is 16.0 Å². The lowest BCUT2D eigenvalue weighted by atomic mass is 10.1. The van der Waals surface area contributed by atoms with Gasteiger partial charge in [0.1, 0.15) is 5.82 Å². The minimum Gasteiger partial charge on any atom is -0.407 e. The smallest absolute Gasteiger partial charge is 0.363 e. The molecule has 3 nitrogen and oxygen atoms in total. The van der Waals surface area contributed by atoms with Gasteiger partial charge in [-0.1, -0.05) is 35.9 Å². The number of carbonyl (C=O) groups excluding carboxylic acids is 1. The van der Waals surface area contributed by atoms with Gasteiger partial charge in [0.2, 0.25) is 0 Å². The van der Waals surface area contributed by atoms with Crippen LogP contribution in [0.1, 0.15) is 17.5 Å². The Labute approximate surface area is 138 Å². The molecule has 0 radical (unpaired) electrons. The van der Waals surface area contributed by atoms with Crippen LogP contribution in [0.3, 0.4) is 0 Å². The molecule has 1 heterocycles. The van der Waals surface area contributed by atoms with Crippen LogP contribution in [0.5, 0.6) is 0 Å². The van der Waals surface area contributed by atoms with Crippen LogP contribution >= 0.6 is 11.6 Å². The van der Waals surface area contributed by atoms with E-state index in [0.29, 0.717) is 29.3 Å². The number of rotatable bonds is 4. The van der Waals surface area contributed by atoms with Crippen LogP contribution in [0.2, 0.25) is 5.02 Å². The summed E-state index contributed by atoms with van der Waals surface area (Å²) in [7, 11) is 0. The van der Waals surface area contributed by atoms with Crippen molar-refractivity contribution in [2.75, 3.05) is 0 Å². The van der Waals surface area contributed by atoms with Crippen molar-refractivity contribution in [1.82, 2.24) is 0 Å². The Balaban J connectivity index is 1.68. The number of nitrogens with zero attached hydrogens (tertiary/aromatic N) is 1. The molecule has 5 heteroatoms. The summed E-state index contributed by atoms with van der Waals surface area (Å²) in [6, 6.07) is 13.3. The molecule has 0 unspecified atom stereocenters. The van der Waals surface area contributed by atoms with Crippen molar-refractivity contribution in [1.29, 1.82) is 0 Å². The Hall–Kier alpha value is -2.46. The Morgan fingerprint density at radius 2 is 1.74 bits per heavy atom. The molecule has 0 saturated carbocycles. The molecule has 1 aliphatic heterocycles. The number of esters is 1.